The average molecular weight is 450 g/mol. The molecular weight excluding hydrogens is 426 g/mol. The first kappa shape index (κ1) is 20.4. The van der Waals surface area contributed by atoms with Crippen LogP contribution >= 0.6 is 11.3 Å². The summed E-state index contributed by atoms with van der Waals surface area (Å²) in [6, 6.07) is 9.47. The second kappa shape index (κ2) is 8.56. The molecule has 1 fully saturated rings. The number of hydrogen-bond acceptors (Lipinski definition) is 7. The number of hydrogen-bond donors (Lipinski definition) is 2. The van der Waals surface area contributed by atoms with Crippen molar-refractivity contribution in [2.24, 2.45) is 0 Å². The summed E-state index contributed by atoms with van der Waals surface area (Å²) in [7, 11) is 1.76. The number of urea groups is 1. The van der Waals surface area contributed by atoms with Gasteiger partial charge in [0.15, 0.2) is 10.8 Å². The number of nitrogens with zero attached hydrogens (tertiary/aromatic N) is 5. The summed E-state index contributed by atoms with van der Waals surface area (Å²) in [5.74, 6) is 0.120. The first-order valence-corrected chi connectivity index (χ1v) is 11.3. The van der Waals surface area contributed by atoms with E-state index in [2.05, 4.69) is 25.5 Å². The van der Waals surface area contributed by atoms with Crippen molar-refractivity contribution in [2.75, 3.05) is 48.3 Å². The molecule has 10 heteroatoms. The Morgan fingerprint density at radius 1 is 1.16 bits per heavy atom. The van der Waals surface area contributed by atoms with Crippen molar-refractivity contribution >= 4 is 46.2 Å². The lowest BCUT2D eigenvalue weighted by Crippen LogP contribution is -2.43. The number of para-hydroxylation sites is 1. The Morgan fingerprint density at radius 3 is 2.81 bits per heavy atom. The Labute approximate surface area is 189 Å². The van der Waals surface area contributed by atoms with Crippen LogP contribution in [0.5, 0.6) is 0 Å². The van der Waals surface area contributed by atoms with Crippen molar-refractivity contribution in [3.05, 3.63) is 58.7 Å². The van der Waals surface area contributed by atoms with Crippen molar-refractivity contribution < 1.29 is 9.59 Å². The molecule has 2 N–H and O–H groups in total. The molecule has 0 radical (unpaired) electrons. The molecule has 2 aliphatic rings. The lowest BCUT2D eigenvalue weighted by atomic mass is 10.1. The van der Waals surface area contributed by atoms with Gasteiger partial charge in [0.1, 0.15) is 0 Å². The minimum absolute atomic E-state index is 0.172. The van der Waals surface area contributed by atoms with Gasteiger partial charge in [0, 0.05) is 51.3 Å². The van der Waals surface area contributed by atoms with Crippen LogP contribution in [0.2, 0.25) is 0 Å². The summed E-state index contributed by atoms with van der Waals surface area (Å²) in [4.78, 5) is 40.0. The van der Waals surface area contributed by atoms with Gasteiger partial charge in [-0.2, -0.15) is 0 Å². The van der Waals surface area contributed by atoms with Crippen LogP contribution in [0.25, 0.3) is 0 Å². The monoisotopic (exact) mass is 449 g/mol. The maximum Gasteiger partial charge on any atom is 0.330 e. The third kappa shape index (κ3) is 3.78. The smallest absolute Gasteiger partial charge is 0.330 e. The Balaban J connectivity index is 1.39. The maximum absolute atomic E-state index is 13.0. The van der Waals surface area contributed by atoms with Crippen molar-refractivity contribution in [3.63, 3.8) is 0 Å². The first-order valence-electron chi connectivity index (χ1n) is 10.4. The van der Waals surface area contributed by atoms with Crippen molar-refractivity contribution in [3.8, 4) is 0 Å². The van der Waals surface area contributed by atoms with E-state index in [0.717, 1.165) is 43.1 Å². The van der Waals surface area contributed by atoms with Crippen LogP contribution in [0.3, 0.4) is 0 Å². The van der Waals surface area contributed by atoms with Crippen LogP contribution in [-0.2, 0) is 6.54 Å². The summed E-state index contributed by atoms with van der Waals surface area (Å²) in [6.07, 6.45) is 3.38. The molecule has 0 aliphatic carbocycles. The molecular formula is C22H23N7O2S. The molecule has 32 heavy (non-hydrogen) atoms. The number of benzene rings is 1. The highest BCUT2D eigenvalue weighted by atomic mass is 32.1. The van der Waals surface area contributed by atoms with Crippen molar-refractivity contribution in [2.45, 2.75) is 6.54 Å². The highest BCUT2D eigenvalue weighted by molar-refractivity contribution is 7.12. The van der Waals surface area contributed by atoms with Gasteiger partial charge in [-0.1, -0.05) is 18.2 Å². The molecule has 0 bridgehead atoms. The topological polar surface area (TPSA) is 93.7 Å². The highest BCUT2D eigenvalue weighted by Gasteiger charge is 2.31. The van der Waals surface area contributed by atoms with Gasteiger partial charge in [-0.25, -0.2) is 14.7 Å². The van der Waals surface area contributed by atoms with Crippen molar-refractivity contribution in [1.82, 2.24) is 20.2 Å². The number of carbonyl (C=O) groups is 2. The number of thiazole rings is 1. The fraction of sp³-hybridized carbons (Fsp3) is 0.273. The minimum atomic E-state index is -0.322. The zero-order chi connectivity index (χ0) is 22.1. The zero-order valence-electron chi connectivity index (χ0n) is 17.6. The van der Waals surface area contributed by atoms with Gasteiger partial charge >= 0.3 is 6.03 Å². The van der Waals surface area contributed by atoms with Gasteiger partial charge in [-0.3, -0.25) is 9.78 Å². The van der Waals surface area contributed by atoms with Gasteiger partial charge in [0.2, 0.25) is 0 Å². The zero-order valence-corrected chi connectivity index (χ0v) is 18.4. The van der Waals surface area contributed by atoms with E-state index in [0.29, 0.717) is 18.1 Å². The number of nitrogens with one attached hydrogen (secondary N) is 2. The van der Waals surface area contributed by atoms with E-state index in [1.165, 1.54) is 11.3 Å². The van der Waals surface area contributed by atoms with Gasteiger partial charge < -0.3 is 20.4 Å². The molecule has 1 aromatic carbocycles. The summed E-state index contributed by atoms with van der Waals surface area (Å²) in [6.45, 7) is 4.05. The molecule has 0 saturated carbocycles. The Morgan fingerprint density at radius 2 is 1.97 bits per heavy atom. The second-order valence-electron chi connectivity index (χ2n) is 7.70. The number of pyridine rings is 1. The molecule has 0 atom stereocenters. The Kier molecular flexibility index (Phi) is 5.46. The lowest BCUT2D eigenvalue weighted by molar-refractivity contribution is 0.102. The van der Waals surface area contributed by atoms with Gasteiger partial charge in [-0.05, 0) is 17.7 Å². The molecule has 2 aromatic heterocycles. The lowest BCUT2D eigenvalue weighted by Gasteiger charge is -2.33. The standard InChI is InChI=1S/C22H23N7O2S/c1-27-13-15-4-2-3-5-17(15)29(22(27)31)19-14-32-21(26-19)20(30)25-16-12-24-7-6-18(16)28-10-8-23-9-11-28/h2-7,12,14,23H,8-11,13H2,1H3,(H,25,30). The average Bonchev–Trinajstić information content (AvgIpc) is 3.31. The largest absolute Gasteiger partial charge is 0.367 e. The molecule has 0 unspecified atom stereocenters. The van der Waals surface area contributed by atoms with Gasteiger partial charge in [-0.15, -0.1) is 11.3 Å². The van der Waals surface area contributed by atoms with E-state index in [1.807, 2.05) is 30.3 Å². The van der Waals surface area contributed by atoms with Crippen LogP contribution in [0.15, 0.2) is 48.1 Å². The highest BCUT2D eigenvalue weighted by Crippen LogP contribution is 2.35. The van der Waals surface area contributed by atoms with Gasteiger partial charge in [0.25, 0.3) is 5.91 Å². The van der Waals surface area contributed by atoms with Gasteiger partial charge in [0.05, 0.1) is 23.3 Å². The maximum atomic E-state index is 13.0. The summed E-state index contributed by atoms with van der Waals surface area (Å²) in [5, 5.41) is 8.30. The number of piperazine rings is 1. The molecule has 164 valence electrons. The number of aromatic nitrogens is 2. The summed E-state index contributed by atoms with van der Waals surface area (Å²) < 4.78 is 0. The number of amides is 3. The molecule has 2 aliphatic heterocycles. The van der Waals surface area contributed by atoms with E-state index in [4.69, 9.17) is 0 Å². The third-order valence-corrected chi connectivity index (χ3v) is 6.41. The number of carbonyl (C=O) groups excluding carboxylic acids is 2. The van der Waals surface area contributed by atoms with E-state index in [-0.39, 0.29) is 16.9 Å². The molecule has 9 nitrogen and oxygen atoms in total. The fourth-order valence-electron chi connectivity index (χ4n) is 3.99. The summed E-state index contributed by atoms with van der Waals surface area (Å²) in [5.41, 5.74) is 3.41. The normalized spacial score (nSPS) is 16.2. The van der Waals surface area contributed by atoms with Crippen LogP contribution in [0.1, 0.15) is 15.4 Å². The molecule has 0 spiro atoms. The van der Waals surface area contributed by atoms with E-state index >= 15 is 0 Å². The Bertz CT molecular complexity index is 1160. The predicted octanol–water partition coefficient (Wildman–Crippen LogP) is 2.90. The minimum Gasteiger partial charge on any atom is -0.367 e. The molecule has 3 amide bonds. The molecule has 1 saturated heterocycles. The van der Waals surface area contributed by atoms with Crippen molar-refractivity contribution in [1.29, 1.82) is 0 Å². The van der Waals surface area contributed by atoms with Crippen LogP contribution in [0, 0.1) is 0 Å². The molecule has 4 heterocycles. The second-order valence-corrected chi connectivity index (χ2v) is 8.56. The van der Waals surface area contributed by atoms with E-state index < -0.39 is 0 Å². The SMILES string of the molecule is CN1Cc2ccccc2N(c2csc(C(=O)Nc3cnccc3N3CCNCC3)n2)C1=O. The molecule has 5 rings (SSSR count). The number of anilines is 4. The fourth-order valence-corrected chi connectivity index (χ4v) is 4.67. The van der Waals surface area contributed by atoms with E-state index in [9.17, 15) is 9.59 Å². The predicted molar refractivity (Wildman–Crippen MR) is 125 cm³/mol. The Hall–Kier alpha value is -3.50. The number of rotatable bonds is 4. The number of fused-ring (bicyclic) bond motifs is 1. The summed E-state index contributed by atoms with van der Waals surface area (Å²) >= 11 is 1.21. The van der Waals surface area contributed by atoms with Crippen LogP contribution in [-0.4, -0.2) is 60.0 Å². The quantitative estimate of drug-likeness (QED) is 0.636. The van der Waals surface area contributed by atoms with E-state index in [1.54, 1.807) is 34.6 Å². The molecule has 3 aromatic rings. The van der Waals surface area contributed by atoms with Crippen LogP contribution < -0.4 is 20.4 Å². The first-order chi connectivity index (χ1) is 15.6. The van der Waals surface area contributed by atoms with Crippen LogP contribution in [0.4, 0.5) is 27.7 Å². The third-order valence-electron chi connectivity index (χ3n) is 5.58.